The normalized spacial score (nSPS) is 14.6. The van der Waals surface area contributed by atoms with Crippen molar-refractivity contribution >= 4 is 45.6 Å². The van der Waals surface area contributed by atoms with Crippen molar-refractivity contribution in [2.75, 3.05) is 0 Å². The molecule has 3 nitrogen and oxygen atoms in total. The van der Waals surface area contributed by atoms with Crippen LogP contribution in [0.5, 0.6) is 0 Å². The van der Waals surface area contributed by atoms with E-state index in [1.54, 1.807) is 11.6 Å². The SMILES string of the molecule is [2H]C([2H])([2H])c1cc(-c2c(C)ccc3c2oc2c([Si](C)(c4ccccc4)c4ccccc4)c(C#N)ccc23)[n+](C)cc1C([2H])([2H])[2H]. The first kappa shape index (κ1) is 18.7. The van der Waals surface area contributed by atoms with Crippen LogP contribution < -0.4 is 20.1 Å². The molecule has 0 atom stereocenters. The topological polar surface area (TPSA) is 40.8 Å². The van der Waals surface area contributed by atoms with E-state index in [9.17, 15) is 5.26 Å². The van der Waals surface area contributed by atoms with E-state index in [1.165, 1.54) is 12.3 Å². The van der Waals surface area contributed by atoms with Gasteiger partial charge in [0.05, 0.1) is 17.2 Å². The predicted octanol–water partition coefficient (Wildman–Crippen LogP) is 5.97. The van der Waals surface area contributed by atoms with Crippen molar-refractivity contribution in [3.8, 4) is 17.3 Å². The van der Waals surface area contributed by atoms with E-state index in [1.807, 2.05) is 67.6 Å². The number of furan rings is 1. The molecule has 0 unspecified atom stereocenters. The van der Waals surface area contributed by atoms with Gasteiger partial charge in [-0.15, -0.1) is 0 Å². The Bertz CT molecular complexity index is 2090. The number of benzene rings is 4. The van der Waals surface area contributed by atoms with Crippen molar-refractivity contribution in [3.63, 3.8) is 0 Å². The molecule has 2 aromatic heterocycles. The van der Waals surface area contributed by atoms with Gasteiger partial charge in [-0.25, -0.2) is 4.57 Å². The smallest absolute Gasteiger partial charge is 0.216 e. The summed E-state index contributed by atoms with van der Waals surface area (Å²) in [5.74, 6) is 0. The minimum absolute atomic E-state index is 0.211. The van der Waals surface area contributed by atoms with Crippen molar-refractivity contribution < 1.29 is 17.2 Å². The maximum absolute atomic E-state index is 10.4. The van der Waals surface area contributed by atoms with Crippen LogP contribution in [0.1, 0.15) is 30.5 Å². The van der Waals surface area contributed by atoms with Gasteiger partial charge < -0.3 is 4.42 Å². The molecule has 0 N–H and O–H groups in total. The summed E-state index contributed by atoms with van der Waals surface area (Å²) >= 11 is 0. The Morgan fingerprint density at radius 2 is 1.41 bits per heavy atom. The molecular formula is C35H31N2OSi+. The van der Waals surface area contributed by atoms with Gasteiger partial charge in [-0.2, -0.15) is 5.26 Å². The summed E-state index contributed by atoms with van der Waals surface area (Å²) in [5, 5.41) is 15.3. The summed E-state index contributed by atoms with van der Waals surface area (Å²) in [6.07, 6.45) is 1.39. The van der Waals surface area contributed by atoms with E-state index in [-0.39, 0.29) is 11.1 Å². The Hall–Kier alpha value is -4.46. The second-order valence-corrected chi connectivity index (χ2v) is 14.1. The van der Waals surface area contributed by atoms with Gasteiger partial charge in [-0.05, 0) is 54.3 Å². The lowest BCUT2D eigenvalue weighted by molar-refractivity contribution is -0.660. The van der Waals surface area contributed by atoms with Gasteiger partial charge in [0.1, 0.15) is 18.2 Å². The molecule has 0 aliphatic carbocycles. The Labute approximate surface area is 239 Å². The Morgan fingerprint density at radius 1 is 0.795 bits per heavy atom. The van der Waals surface area contributed by atoms with Crippen LogP contribution >= 0.6 is 0 Å². The number of nitriles is 1. The summed E-state index contributed by atoms with van der Waals surface area (Å²) in [5.41, 5.74) is 3.30. The fourth-order valence-corrected chi connectivity index (χ4v) is 9.75. The highest BCUT2D eigenvalue weighted by molar-refractivity contribution is 7.12. The van der Waals surface area contributed by atoms with Crippen molar-refractivity contribution in [2.24, 2.45) is 7.05 Å². The molecule has 0 amide bonds. The first-order chi connectivity index (χ1) is 21.3. The number of rotatable bonds is 4. The number of aryl methyl sites for hydroxylation is 4. The Balaban J connectivity index is 1.74. The lowest BCUT2D eigenvalue weighted by Gasteiger charge is -2.30. The van der Waals surface area contributed by atoms with Gasteiger partial charge in [0.25, 0.3) is 0 Å². The number of nitrogens with zero attached hydrogens (tertiary/aromatic N) is 2. The van der Waals surface area contributed by atoms with E-state index in [2.05, 4.69) is 36.9 Å². The Morgan fingerprint density at radius 3 is 2.03 bits per heavy atom. The van der Waals surface area contributed by atoms with E-state index in [0.29, 0.717) is 28.0 Å². The van der Waals surface area contributed by atoms with Gasteiger partial charge in [-0.1, -0.05) is 79.3 Å². The minimum Gasteiger partial charge on any atom is -0.455 e. The van der Waals surface area contributed by atoms with Gasteiger partial charge in [0.15, 0.2) is 14.3 Å². The summed E-state index contributed by atoms with van der Waals surface area (Å²) in [7, 11) is -1.10. The van der Waals surface area contributed by atoms with Crippen molar-refractivity contribution in [1.82, 2.24) is 0 Å². The molecule has 0 spiro atoms. The maximum atomic E-state index is 10.4. The second-order valence-electron chi connectivity index (χ2n) is 10.2. The quantitative estimate of drug-likeness (QED) is 0.160. The molecule has 4 heteroatoms. The fraction of sp³-hybridized carbons (Fsp3) is 0.143. The molecule has 0 bridgehead atoms. The lowest BCUT2D eigenvalue weighted by atomic mass is 9.99. The number of hydrogen-bond acceptors (Lipinski definition) is 2. The molecule has 0 aliphatic rings. The van der Waals surface area contributed by atoms with Crippen LogP contribution in [0.4, 0.5) is 0 Å². The summed E-state index contributed by atoms with van der Waals surface area (Å²) in [6, 6.07) is 32.1. The third-order valence-electron chi connectivity index (χ3n) is 7.87. The highest BCUT2D eigenvalue weighted by atomic mass is 28.3. The largest absolute Gasteiger partial charge is 0.455 e. The average molecular weight is 530 g/mol. The summed E-state index contributed by atoms with van der Waals surface area (Å²) in [6.45, 7) is -1.09. The first-order valence-corrected chi connectivity index (χ1v) is 15.3. The van der Waals surface area contributed by atoms with Gasteiger partial charge in [-0.3, -0.25) is 0 Å². The number of pyridine rings is 1. The molecule has 6 rings (SSSR count). The standard InChI is InChI=1S/C35H31N2OSi/c1-23-16-18-29-30-19-17-26(21-36)35(39(5,27-12-8-6-9-13-27)28-14-10-7-11-15-28)34(30)38-33(29)32(23)31-20-24(2)25(3)22-37(31)4/h6-20,22H,1-5H3/q+1/i2D3,3D3. The van der Waals surface area contributed by atoms with Crippen molar-refractivity contribution in [3.05, 3.63) is 119 Å². The van der Waals surface area contributed by atoms with E-state index >= 15 is 0 Å². The van der Waals surface area contributed by atoms with Gasteiger partial charge in [0, 0.05) is 35.8 Å². The van der Waals surface area contributed by atoms with Crippen LogP contribution in [0.3, 0.4) is 0 Å². The zero-order valence-electron chi connectivity index (χ0n) is 28.0. The van der Waals surface area contributed by atoms with Gasteiger partial charge >= 0.3 is 0 Å². The number of fused-ring (bicyclic) bond motifs is 3. The first-order valence-electron chi connectivity index (χ1n) is 15.8. The van der Waals surface area contributed by atoms with Crippen LogP contribution in [0.25, 0.3) is 33.2 Å². The van der Waals surface area contributed by atoms with Crippen LogP contribution in [-0.4, -0.2) is 8.07 Å². The average Bonchev–Trinajstić information content (AvgIpc) is 3.38. The van der Waals surface area contributed by atoms with Crippen LogP contribution in [0, 0.1) is 32.0 Å². The molecule has 0 radical (unpaired) electrons. The second kappa shape index (κ2) is 9.38. The zero-order chi connectivity index (χ0) is 32.3. The van der Waals surface area contributed by atoms with Crippen LogP contribution in [0.2, 0.25) is 6.55 Å². The van der Waals surface area contributed by atoms with Crippen molar-refractivity contribution in [1.29, 1.82) is 5.26 Å². The molecular weight excluding hydrogens is 492 g/mol. The lowest BCUT2D eigenvalue weighted by Crippen LogP contribution is -2.65. The maximum Gasteiger partial charge on any atom is 0.216 e. The highest BCUT2D eigenvalue weighted by Gasteiger charge is 2.39. The molecule has 190 valence electrons. The molecule has 4 aromatic carbocycles. The molecule has 0 aliphatic heterocycles. The highest BCUT2D eigenvalue weighted by Crippen LogP contribution is 2.37. The third kappa shape index (κ3) is 3.81. The number of hydrogen-bond donors (Lipinski definition) is 0. The van der Waals surface area contributed by atoms with Crippen molar-refractivity contribution in [2.45, 2.75) is 27.2 Å². The van der Waals surface area contributed by atoms with E-state index in [0.717, 1.165) is 31.9 Å². The number of aromatic nitrogens is 1. The molecule has 2 heterocycles. The minimum atomic E-state index is -2.81. The molecule has 0 saturated heterocycles. The zero-order valence-corrected chi connectivity index (χ0v) is 23.0. The van der Waals surface area contributed by atoms with Crippen LogP contribution in [0.15, 0.2) is 102 Å². The summed E-state index contributed by atoms with van der Waals surface area (Å²) in [4.78, 5) is 0. The van der Waals surface area contributed by atoms with Crippen LogP contribution in [-0.2, 0) is 7.05 Å². The molecule has 6 aromatic rings. The van der Waals surface area contributed by atoms with E-state index in [4.69, 9.17) is 12.6 Å². The summed E-state index contributed by atoms with van der Waals surface area (Å²) < 4.78 is 57.0. The predicted molar refractivity (Wildman–Crippen MR) is 163 cm³/mol. The molecule has 0 fully saturated rings. The monoisotopic (exact) mass is 529 g/mol. The third-order valence-corrected chi connectivity index (χ3v) is 12.3. The van der Waals surface area contributed by atoms with E-state index < -0.39 is 21.8 Å². The Kier molecular flexibility index (Phi) is 4.50. The van der Waals surface area contributed by atoms with Gasteiger partial charge in [0.2, 0.25) is 5.69 Å². The fourth-order valence-electron chi connectivity index (χ4n) is 5.81. The molecule has 39 heavy (non-hydrogen) atoms. The molecule has 0 saturated carbocycles.